The van der Waals surface area contributed by atoms with Crippen LogP contribution in [0.5, 0.6) is 0 Å². The van der Waals surface area contributed by atoms with Gasteiger partial charge in [-0.05, 0) is 55.2 Å². The number of anilines is 2. The van der Waals surface area contributed by atoms with Crippen molar-refractivity contribution in [1.29, 1.82) is 0 Å². The third-order valence-corrected chi connectivity index (χ3v) is 5.58. The van der Waals surface area contributed by atoms with Gasteiger partial charge >= 0.3 is 0 Å². The highest BCUT2D eigenvalue weighted by Crippen LogP contribution is 2.24. The fourth-order valence-corrected chi connectivity index (χ4v) is 3.95. The van der Waals surface area contributed by atoms with Crippen LogP contribution in [-0.4, -0.2) is 20.4 Å². The Morgan fingerprint density at radius 2 is 2.09 bits per heavy atom. The summed E-state index contributed by atoms with van der Waals surface area (Å²) >= 11 is 0. The van der Waals surface area contributed by atoms with Crippen molar-refractivity contribution in [3.8, 4) is 0 Å². The van der Waals surface area contributed by atoms with Crippen molar-refractivity contribution in [2.75, 3.05) is 11.1 Å². The molecule has 0 saturated heterocycles. The molecule has 0 unspecified atom stereocenters. The molecule has 32 heavy (non-hydrogen) atoms. The number of benzene rings is 1. The molecule has 2 aromatic heterocycles. The molecule has 4 N–H and O–H groups in total. The van der Waals surface area contributed by atoms with Crippen LogP contribution in [0.3, 0.4) is 0 Å². The summed E-state index contributed by atoms with van der Waals surface area (Å²) < 4.78 is 15.1. The molecule has 2 atom stereocenters. The van der Waals surface area contributed by atoms with E-state index < -0.39 is 6.04 Å². The summed E-state index contributed by atoms with van der Waals surface area (Å²) in [4.78, 5) is 34.5. The quantitative estimate of drug-likeness (QED) is 0.547. The Morgan fingerprint density at radius 3 is 2.81 bits per heavy atom. The molecule has 0 fully saturated rings. The molecule has 1 aromatic carbocycles. The van der Waals surface area contributed by atoms with Crippen LogP contribution in [-0.2, 0) is 17.8 Å². The van der Waals surface area contributed by atoms with Crippen molar-refractivity contribution in [3.63, 3.8) is 0 Å². The third-order valence-electron chi connectivity index (χ3n) is 5.58. The molecule has 0 bridgehead atoms. The number of fused-ring (bicyclic) bond motifs is 1. The minimum absolute atomic E-state index is 0.255. The Balaban J connectivity index is 1.50. The van der Waals surface area contributed by atoms with Crippen molar-refractivity contribution >= 4 is 17.4 Å². The Kier molecular flexibility index (Phi) is 5.89. The van der Waals surface area contributed by atoms with Gasteiger partial charge in [0.2, 0.25) is 5.91 Å². The second-order valence-corrected chi connectivity index (χ2v) is 8.05. The first-order chi connectivity index (χ1) is 15.3. The highest BCUT2D eigenvalue weighted by molar-refractivity contribution is 5.81. The number of carbonyl (C=O) groups excluding carboxylic acids is 1. The largest absolute Gasteiger partial charge is 0.384 e. The van der Waals surface area contributed by atoms with E-state index in [9.17, 15) is 14.0 Å². The van der Waals surface area contributed by atoms with Crippen LogP contribution in [0.15, 0.2) is 47.5 Å². The normalized spacial score (nSPS) is 15.8. The summed E-state index contributed by atoms with van der Waals surface area (Å²) in [5.41, 5.74) is 7.90. The number of halogens is 1. The van der Waals surface area contributed by atoms with E-state index in [1.807, 2.05) is 19.9 Å². The third kappa shape index (κ3) is 4.46. The highest BCUT2D eigenvalue weighted by atomic mass is 19.1. The second-order valence-electron chi connectivity index (χ2n) is 8.05. The average Bonchev–Trinajstić information content (AvgIpc) is 3.18. The molecule has 0 spiro atoms. The first-order valence-electron chi connectivity index (χ1n) is 10.4. The molecule has 3 aromatic rings. The Morgan fingerprint density at radius 1 is 1.28 bits per heavy atom. The van der Waals surface area contributed by atoms with Gasteiger partial charge in [0.1, 0.15) is 29.2 Å². The van der Waals surface area contributed by atoms with Crippen molar-refractivity contribution in [3.05, 3.63) is 81.4 Å². The topological polar surface area (TPSA) is 115 Å². The number of aromatic nitrogens is 3. The molecule has 166 valence electrons. The summed E-state index contributed by atoms with van der Waals surface area (Å²) in [5.74, 6) is 0.398. The van der Waals surface area contributed by atoms with E-state index in [1.54, 1.807) is 18.3 Å². The standard InChI is InChI=1S/C23H25FN6O2/c1-13-7-15(9-17(24)8-13)10-26-18-12-28-21-6-4-19(30(21)23(18)32)22(31)29-14(2)16-3-5-20(25)27-11-16/h3,5,7-9,11-12,14,19,26H,4,6,10H2,1-2H3,(H2,25,27)(H,29,31)/t14-,19+/m1/s1. The molecule has 0 radical (unpaired) electrons. The predicted molar refractivity (Wildman–Crippen MR) is 120 cm³/mol. The van der Waals surface area contributed by atoms with Crippen LogP contribution >= 0.6 is 0 Å². The van der Waals surface area contributed by atoms with Gasteiger partial charge in [-0.3, -0.25) is 14.2 Å². The second kappa shape index (κ2) is 8.78. The number of nitrogens with two attached hydrogens (primary N) is 1. The molecule has 3 heterocycles. The van der Waals surface area contributed by atoms with Crippen LogP contribution in [0.2, 0.25) is 0 Å². The van der Waals surface area contributed by atoms with Crippen LogP contribution in [0.25, 0.3) is 0 Å². The summed E-state index contributed by atoms with van der Waals surface area (Å²) in [6.45, 7) is 3.93. The molecule has 4 rings (SSSR count). The van der Waals surface area contributed by atoms with Crippen molar-refractivity contribution in [2.45, 2.75) is 45.3 Å². The van der Waals surface area contributed by atoms with Crippen LogP contribution < -0.4 is 21.9 Å². The van der Waals surface area contributed by atoms with Gasteiger partial charge in [-0.15, -0.1) is 0 Å². The van der Waals surface area contributed by atoms with E-state index in [4.69, 9.17) is 5.73 Å². The zero-order valence-corrected chi connectivity index (χ0v) is 17.9. The SMILES string of the molecule is Cc1cc(F)cc(CNc2cnc3n(c2=O)[C@H](C(=O)N[C@H](C)c2ccc(N)nc2)CC3)c1. The molecule has 9 heteroatoms. The summed E-state index contributed by atoms with van der Waals surface area (Å²) in [5, 5.41) is 5.98. The maximum atomic E-state index is 13.6. The molecular weight excluding hydrogens is 411 g/mol. The maximum absolute atomic E-state index is 13.6. The molecule has 1 amide bonds. The fraction of sp³-hybridized carbons (Fsp3) is 0.304. The smallest absolute Gasteiger partial charge is 0.277 e. The van der Waals surface area contributed by atoms with Gasteiger partial charge in [0, 0.05) is 19.2 Å². The van der Waals surface area contributed by atoms with E-state index in [2.05, 4.69) is 20.6 Å². The van der Waals surface area contributed by atoms with E-state index in [0.717, 1.165) is 11.1 Å². The van der Waals surface area contributed by atoms with Gasteiger partial charge in [0.05, 0.1) is 12.2 Å². The lowest BCUT2D eigenvalue weighted by molar-refractivity contribution is -0.124. The molecule has 8 nitrogen and oxygen atoms in total. The van der Waals surface area contributed by atoms with Gasteiger partial charge in [-0.25, -0.2) is 14.4 Å². The average molecular weight is 436 g/mol. The lowest BCUT2D eigenvalue weighted by Crippen LogP contribution is -2.37. The monoisotopic (exact) mass is 436 g/mol. The number of hydrogen-bond acceptors (Lipinski definition) is 6. The molecule has 0 aliphatic carbocycles. The van der Waals surface area contributed by atoms with Crippen molar-refractivity contribution < 1.29 is 9.18 Å². The number of hydrogen-bond donors (Lipinski definition) is 3. The molecular formula is C23H25FN6O2. The number of nitrogens with one attached hydrogen (secondary N) is 2. The molecule has 1 aliphatic rings. The number of amides is 1. The first-order valence-corrected chi connectivity index (χ1v) is 10.4. The van der Waals surface area contributed by atoms with E-state index >= 15 is 0 Å². The number of nitrogen functional groups attached to an aromatic ring is 1. The number of pyridine rings is 1. The predicted octanol–water partition coefficient (Wildman–Crippen LogP) is 2.64. The van der Waals surface area contributed by atoms with Gasteiger partial charge < -0.3 is 16.4 Å². The number of aryl methyl sites for hydroxylation is 2. The Labute approximate surface area is 184 Å². The van der Waals surface area contributed by atoms with E-state index in [0.29, 0.717) is 30.0 Å². The minimum atomic E-state index is -0.646. The Bertz CT molecular complexity index is 1190. The van der Waals surface area contributed by atoms with Crippen LogP contribution in [0, 0.1) is 12.7 Å². The van der Waals surface area contributed by atoms with Gasteiger partial charge in [0.15, 0.2) is 0 Å². The highest BCUT2D eigenvalue weighted by Gasteiger charge is 2.31. The number of nitrogens with zero attached hydrogens (tertiary/aromatic N) is 3. The number of carbonyl (C=O) groups is 1. The van der Waals surface area contributed by atoms with Gasteiger partial charge in [0.25, 0.3) is 5.56 Å². The first kappa shape index (κ1) is 21.5. The van der Waals surface area contributed by atoms with Gasteiger partial charge in [-0.2, -0.15) is 0 Å². The lowest BCUT2D eigenvalue weighted by Gasteiger charge is -2.19. The zero-order valence-electron chi connectivity index (χ0n) is 17.9. The maximum Gasteiger partial charge on any atom is 0.277 e. The fourth-order valence-electron chi connectivity index (χ4n) is 3.95. The summed E-state index contributed by atoms with van der Waals surface area (Å²) in [6, 6.07) is 7.25. The minimum Gasteiger partial charge on any atom is -0.384 e. The summed E-state index contributed by atoms with van der Waals surface area (Å²) in [7, 11) is 0. The van der Waals surface area contributed by atoms with Crippen molar-refractivity contribution in [1.82, 2.24) is 19.9 Å². The lowest BCUT2D eigenvalue weighted by atomic mass is 10.1. The van der Waals surface area contributed by atoms with E-state index in [-0.39, 0.29) is 35.6 Å². The van der Waals surface area contributed by atoms with Crippen LogP contribution in [0.1, 0.15) is 47.9 Å². The van der Waals surface area contributed by atoms with E-state index in [1.165, 1.54) is 22.9 Å². The van der Waals surface area contributed by atoms with Crippen molar-refractivity contribution in [2.24, 2.45) is 0 Å². The number of rotatable bonds is 6. The summed E-state index contributed by atoms with van der Waals surface area (Å²) in [6.07, 6.45) is 4.12. The van der Waals surface area contributed by atoms with Gasteiger partial charge in [-0.1, -0.05) is 12.1 Å². The van der Waals surface area contributed by atoms with Crippen LogP contribution in [0.4, 0.5) is 15.9 Å². The molecule has 1 aliphatic heterocycles. The Hall–Kier alpha value is -3.75. The zero-order chi connectivity index (χ0) is 22.8. The molecule has 0 saturated carbocycles.